The largest absolute Gasteiger partial charge is 0.479 e. The second-order valence-corrected chi connectivity index (χ2v) is 9.93. The van der Waals surface area contributed by atoms with Crippen LogP contribution in [0.5, 0.6) is 5.88 Å². The number of pyridine rings is 1. The van der Waals surface area contributed by atoms with Crippen molar-refractivity contribution in [3.8, 4) is 5.88 Å². The highest BCUT2D eigenvalue weighted by Gasteiger charge is 2.48. The monoisotopic (exact) mass is 490 g/mol. The molecule has 2 saturated heterocycles. The molecule has 6 atom stereocenters. The SMILES string of the molecule is CCCN1CC[C@H](c2nn(C)c3nc(O[C@@H]4O[C@H](C(=O)O)[C@@H](O)[C@H](O)[C@H]4O)c4c(c23)CCCC4)C1. The number of aromatic nitrogens is 3. The van der Waals surface area contributed by atoms with Crippen LogP contribution < -0.4 is 4.74 Å². The summed E-state index contributed by atoms with van der Waals surface area (Å²) in [7, 11) is 1.85. The van der Waals surface area contributed by atoms with Crippen molar-refractivity contribution in [2.45, 2.75) is 82.1 Å². The van der Waals surface area contributed by atoms with E-state index in [-0.39, 0.29) is 5.88 Å². The molecular weight excluding hydrogens is 456 g/mol. The summed E-state index contributed by atoms with van der Waals surface area (Å²) in [6.45, 7) is 5.31. The van der Waals surface area contributed by atoms with E-state index in [0.29, 0.717) is 11.6 Å². The Morgan fingerprint density at radius 3 is 2.60 bits per heavy atom. The third kappa shape index (κ3) is 4.29. The lowest BCUT2D eigenvalue weighted by Gasteiger charge is -2.38. The molecule has 0 bridgehead atoms. The van der Waals surface area contributed by atoms with Gasteiger partial charge in [0.1, 0.15) is 18.3 Å². The molecule has 0 amide bonds. The molecule has 0 spiro atoms. The van der Waals surface area contributed by atoms with Gasteiger partial charge >= 0.3 is 5.97 Å². The fourth-order valence-electron chi connectivity index (χ4n) is 5.75. The minimum absolute atomic E-state index is 0.248. The Balaban J connectivity index is 1.52. The van der Waals surface area contributed by atoms with Crippen LogP contribution in [-0.2, 0) is 29.4 Å². The number of nitrogens with zero attached hydrogens (tertiary/aromatic N) is 4. The lowest BCUT2D eigenvalue weighted by Crippen LogP contribution is -2.61. The van der Waals surface area contributed by atoms with E-state index >= 15 is 0 Å². The van der Waals surface area contributed by atoms with E-state index in [0.717, 1.165) is 80.4 Å². The van der Waals surface area contributed by atoms with Crippen LogP contribution >= 0.6 is 0 Å². The Morgan fingerprint density at radius 2 is 1.89 bits per heavy atom. The van der Waals surface area contributed by atoms with E-state index in [4.69, 9.17) is 19.6 Å². The van der Waals surface area contributed by atoms with Crippen molar-refractivity contribution in [2.24, 2.45) is 7.05 Å². The van der Waals surface area contributed by atoms with Gasteiger partial charge < -0.3 is 34.8 Å². The average Bonchev–Trinajstić information content (AvgIpc) is 3.44. The molecule has 2 fully saturated rings. The standard InChI is InChI=1S/C24H34N4O7/c1-3-9-28-10-8-12(11-28)16-15-13-6-4-5-7-14(13)22(25-21(15)27(2)26-16)35-24-19(31)17(29)18(30)20(34-24)23(32)33/h12,17-20,24,29-31H,3-11H2,1-2H3,(H,32,33)/t12-,17-,18-,19+,20-,24-/m0/s1. The number of aliphatic hydroxyl groups excluding tert-OH is 3. The average molecular weight is 491 g/mol. The molecule has 0 aromatic carbocycles. The topological polar surface area (TPSA) is 150 Å². The first-order valence-corrected chi connectivity index (χ1v) is 12.5. The van der Waals surface area contributed by atoms with E-state index in [1.807, 2.05) is 7.05 Å². The molecule has 35 heavy (non-hydrogen) atoms. The molecule has 2 aromatic rings. The van der Waals surface area contributed by atoms with Gasteiger partial charge in [-0.1, -0.05) is 6.92 Å². The molecule has 0 radical (unpaired) electrons. The van der Waals surface area contributed by atoms with Gasteiger partial charge in [-0.05, 0) is 57.2 Å². The normalized spacial score (nSPS) is 31.6. The maximum atomic E-state index is 11.5. The van der Waals surface area contributed by atoms with Gasteiger partial charge in [-0.3, -0.25) is 4.68 Å². The van der Waals surface area contributed by atoms with Crippen LogP contribution in [-0.4, -0.2) is 96.4 Å². The number of hydrogen-bond acceptors (Lipinski definition) is 9. The van der Waals surface area contributed by atoms with Gasteiger partial charge in [0.25, 0.3) is 0 Å². The number of aryl methyl sites for hydroxylation is 2. The molecule has 1 aliphatic carbocycles. The number of fused-ring (bicyclic) bond motifs is 3. The van der Waals surface area contributed by atoms with Gasteiger partial charge in [-0.2, -0.15) is 10.1 Å². The molecule has 4 heterocycles. The number of hydrogen-bond donors (Lipinski definition) is 4. The van der Waals surface area contributed by atoms with Crippen molar-refractivity contribution < 1.29 is 34.7 Å². The Bertz CT molecular complexity index is 1110. The first-order valence-electron chi connectivity index (χ1n) is 12.5. The smallest absolute Gasteiger partial charge is 0.335 e. The number of rotatable bonds is 6. The molecule has 192 valence electrons. The van der Waals surface area contributed by atoms with Crippen LogP contribution in [0.3, 0.4) is 0 Å². The van der Waals surface area contributed by atoms with Gasteiger partial charge in [0.2, 0.25) is 12.2 Å². The number of ether oxygens (including phenoxy) is 2. The Labute approximate surface area is 203 Å². The van der Waals surface area contributed by atoms with Crippen molar-refractivity contribution in [2.75, 3.05) is 19.6 Å². The van der Waals surface area contributed by atoms with Crippen molar-refractivity contribution in [1.29, 1.82) is 0 Å². The summed E-state index contributed by atoms with van der Waals surface area (Å²) in [6, 6.07) is 0. The summed E-state index contributed by atoms with van der Waals surface area (Å²) < 4.78 is 13.1. The molecule has 5 rings (SSSR count). The molecule has 0 unspecified atom stereocenters. The van der Waals surface area contributed by atoms with Crippen molar-refractivity contribution >= 4 is 17.0 Å². The zero-order valence-electron chi connectivity index (χ0n) is 20.1. The molecule has 4 N–H and O–H groups in total. The molecule has 2 aliphatic heterocycles. The highest BCUT2D eigenvalue weighted by atomic mass is 16.7. The fraction of sp³-hybridized carbons (Fsp3) is 0.708. The molecule has 0 saturated carbocycles. The van der Waals surface area contributed by atoms with Crippen LogP contribution in [0.2, 0.25) is 0 Å². The van der Waals surface area contributed by atoms with Gasteiger partial charge in [0.15, 0.2) is 11.8 Å². The lowest BCUT2D eigenvalue weighted by molar-refractivity contribution is -0.271. The quantitative estimate of drug-likeness (QED) is 0.446. The minimum Gasteiger partial charge on any atom is -0.479 e. The third-order valence-corrected chi connectivity index (χ3v) is 7.52. The van der Waals surface area contributed by atoms with Crippen LogP contribution in [0.25, 0.3) is 11.0 Å². The summed E-state index contributed by atoms with van der Waals surface area (Å²) in [6.07, 6.45) is -2.63. The lowest BCUT2D eigenvalue weighted by atomic mass is 9.88. The van der Waals surface area contributed by atoms with Gasteiger partial charge in [0, 0.05) is 30.5 Å². The Kier molecular flexibility index (Phi) is 6.71. The predicted octanol–water partition coefficient (Wildman–Crippen LogP) is 0.317. The van der Waals surface area contributed by atoms with Crippen molar-refractivity contribution in [3.63, 3.8) is 0 Å². The molecule has 11 nitrogen and oxygen atoms in total. The van der Waals surface area contributed by atoms with Crippen LogP contribution in [0.4, 0.5) is 0 Å². The van der Waals surface area contributed by atoms with Gasteiger partial charge in [0.05, 0.1) is 5.69 Å². The number of likely N-dealkylation sites (tertiary alicyclic amines) is 1. The summed E-state index contributed by atoms with van der Waals surface area (Å²) in [4.78, 5) is 18.7. The van der Waals surface area contributed by atoms with E-state index < -0.39 is 36.7 Å². The van der Waals surface area contributed by atoms with Gasteiger partial charge in [-0.25, -0.2) is 4.79 Å². The highest BCUT2D eigenvalue weighted by molar-refractivity contribution is 5.85. The first-order chi connectivity index (χ1) is 16.8. The maximum absolute atomic E-state index is 11.5. The van der Waals surface area contributed by atoms with Crippen molar-refractivity contribution in [1.82, 2.24) is 19.7 Å². The summed E-state index contributed by atoms with van der Waals surface area (Å²) in [5, 5.41) is 45.9. The summed E-state index contributed by atoms with van der Waals surface area (Å²) >= 11 is 0. The first kappa shape index (κ1) is 24.4. The molecule has 3 aliphatic rings. The number of carboxylic acid groups (broad SMARTS) is 1. The third-order valence-electron chi connectivity index (χ3n) is 7.52. The van der Waals surface area contributed by atoms with Crippen LogP contribution in [0, 0.1) is 0 Å². The number of aliphatic hydroxyl groups is 3. The van der Waals surface area contributed by atoms with E-state index in [2.05, 4.69) is 11.8 Å². The zero-order chi connectivity index (χ0) is 24.9. The Morgan fingerprint density at radius 1 is 1.14 bits per heavy atom. The Hall–Kier alpha value is -2.31. The van der Waals surface area contributed by atoms with Gasteiger partial charge in [-0.15, -0.1) is 0 Å². The molecule has 11 heteroatoms. The highest BCUT2D eigenvalue weighted by Crippen LogP contribution is 2.40. The maximum Gasteiger partial charge on any atom is 0.335 e. The number of aliphatic carboxylic acids is 1. The van der Waals surface area contributed by atoms with Crippen LogP contribution in [0.15, 0.2) is 0 Å². The number of carbonyl (C=O) groups is 1. The number of carboxylic acids is 1. The van der Waals surface area contributed by atoms with E-state index in [1.165, 1.54) is 0 Å². The summed E-state index contributed by atoms with van der Waals surface area (Å²) in [5.41, 5.74) is 3.78. The van der Waals surface area contributed by atoms with Crippen LogP contribution in [0.1, 0.15) is 55.3 Å². The van der Waals surface area contributed by atoms with E-state index in [9.17, 15) is 25.2 Å². The van der Waals surface area contributed by atoms with Crippen molar-refractivity contribution in [3.05, 3.63) is 16.8 Å². The fourth-order valence-corrected chi connectivity index (χ4v) is 5.75. The van der Waals surface area contributed by atoms with E-state index in [1.54, 1.807) is 4.68 Å². The second-order valence-electron chi connectivity index (χ2n) is 9.93. The molecular formula is C24H34N4O7. The summed E-state index contributed by atoms with van der Waals surface area (Å²) in [5.74, 6) is -0.869. The molecule has 2 aromatic heterocycles. The zero-order valence-corrected chi connectivity index (χ0v) is 20.1. The predicted molar refractivity (Wildman–Crippen MR) is 124 cm³/mol. The second kappa shape index (κ2) is 9.62. The minimum atomic E-state index is -1.77.